The van der Waals surface area contributed by atoms with Crippen molar-refractivity contribution in [3.8, 4) is 0 Å². The van der Waals surface area contributed by atoms with Crippen LogP contribution in [0.4, 0.5) is 0 Å². The quantitative estimate of drug-likeness (QED) is 0.734. The zero-order valence-electron chi connectivity index (χ0n) is 11.2. The van der Waals surface area contributed by atoms with Gasteiger partial charge in [-0.3, -0.25) is 4.79 Å². The third-order valence-electron chi connectivity index (χ3n) is 3.17. The Morgan fingerprint density at radius 1 is 1.58 bits per heavy atom. The van der Waals surface area contributed by atoms with Crippen molar-refractivity contribution in [3.63, 3.8) is 0 Å². The third-order valence-corrected chi connectivity index (χ3v) is 4.93. The van der Waals surface area contributed by atoms with Crippen LogP contribution in [0.5, 0.6) is 0 Å². The van der Waals surface area contributed by atoms with Gasteiger partial charge in [-0.15, -0.1) is 19.0 Å². The molecule has 0 aliphatic carbocycles. The monoisotopic (exact) mass is 310 g/mol. The average Bonchev–Trinajstić information content (AvgIpc) is 2.66. The van der Waals surface area contributed by atoms with Crippen LogP contribution in [-0.4, -0.2) is 49.4 Å². The van der Waals surface area contributed by atoms with Crippen LogP contribution >= 0.6 is 12.4 Å². The van der Waals surface area contributed by atoms with Crippen LogP contribution < -0.4 is 5.73 Å². The molecule has 0 radical (unpaired) electrons. The highest BCUT2D eigenvalue weighted by molar-refractivity contribution is 7.91. The molecule has 0 spiro atoms. The first-order valence-electron chi connectivity index (χ1n) is 6.28. The number of amides is 1. The van der Waals surface area contributed by atoms with Gasteiger partial charge >= 0.3 is 0 Å². The van der Waals surface area contributed by atoms with Crippen LogP contribution in [0.3, 0.4) is 0 Å². The van der Waals surface area contributed by atoms with Crippen LogP contribution in [0, 0.1) is 0 Å². The molecule has 5 nitrogen and oxygen atoms in total. The summed E-state index contributed by atoms with van der Waals surface area (Å²) >= 11 is 0. The van der Waals surface area contributed by atoms with Gasteiger partial charge in [0.2, 0.25) is 5.91 Å². The molecule has 0 aromatic rings. The molecule has 0 aromatic heterocycles. The van der Waals surface area contributed by atoms with E-state index in [2.05, 4.69) is 6.58 Å². The third kappa shape index (κ3) is 5.12. The maximum atomic E-state index is 12.2. The van der Waals surface area contributed by atoms with E-state index in [1.54, 1.807) is 11.0 Å². The number of rotatable bonds is 6. The maximum Gasteiger partial charge on any atom is 0.240 e. The van der Waals surface area contributed by atoms with E-state index in [4.69, 9.17) is 5.73 Å². The molecule has 1 rings (SSSR count). The lowest BCUT2D eigenvalue weighted by molar-refractivity contribution is -0.134. The standard InChI is InChI=1S/C12H22N2O3S.ClH/c1-3-5-11(13)12(15)14(7-4-2)10-6-8-18(16,17)9-10;/h4,10-11H,2-3,5-9,13H2,1H3;1H. The van der Waals surface area contributed by atoms with Crippen molar-refractivity contribution in [1.29, 1.82) is 0 Å². The van der Waals surface area contributed by atoms with Crippen molar-refractivity contribution < 1.29 is 13.2 Å². The average molecular weight is 311 g/mol. The van der Waals surface area contributed by atoms with E-state index in [0.29, 0.717) is 19.4 Å². The van der Waals surface area contributed by atoms with Crippen molar-refractivity contribution in [1.82, 2.24) is 4.90 Å². The Morgan fingerprint density at radius 2 is 2.21 bits per heavy atom. The van der Waals surface area contributed by atoms with Gasteiger partial charge < -0.3 is 10.6 Å². The van der Waals surface area contributed by atoms with Crippen LogP contribution in [0.25, 0.3) is 0 Å². The van der Waals surface area contributed by atoms with Gasteiger partial charge in [-0.1, -0.05) is 19.4 Å². The van der Waals surface area contributed by atoms with E-state index in [0.717, 1.165) is 6.42 Å². The van der Waals surface area contributed by atoms with Gasteiger partial charge in [0.05, 0.1) is 17.5 Å². The Labute approximate surface area is 121 Å². The van der Waals surface area contributed by atoms with Gasteiger partial charge in [0.15, 0.2) is 9.84 Å². The summed E-state index contributed by atoms with van der Waals surface area (Å²) in [7, 11) is -3.00. The highest BCUT2D eigenvalue weighted by Gasteiger charge is 2.35. The molecule has 112 valence electrons. The van der Waals surface area contributed by atoms with E-state index in [-0.39, 0.29) is 35.9 Å². The molecule has 0 aromatic carbocycles. The van der Waals surface area contributed by atoms with Gasteiger partial charge in [-0.2, -0.15) is 0 Å². The molecular weight excluding hydrogens is 288 g/mol. The lowest BCUT2D eigenvalue weighted by Gasteiger charge is -2.29. The lowest BCUT2D eigenvalue weighted by atomic mass is 10.1. The molecule has 1 amide bonds. The molecule has 0 saturated carbocycles. The zero-order chi connectivity index (χ0) is 13.8. The maximum absolute atomic E-state index is 12.2. The van der Waals surface area contributed by atoms with E-state index in [1.165, 1.54) is 0 Å². The van der Waals surface area contributed by atoms with Crippen molar-refractivity contribution in [2.75, 3.05) is 18.1 Å². The van der Waals surface area contributed by atoms with Crippen LogP contribution in [0.15, 0.2) is 12.7 Å². The normalized spacial score (nSPS) is 22.3. The highest BCUT2D eigenvalue weighted by atomic mass is 35.5. The van der Waals surface area contributed by atoms with Gasteiger partial charge in [-0.25, -0.2) is 8.42 Å². The molecule has 7 heteroatoms. The summed E-state index contributed by atoms with van der Waals surface area (Å²) in [5.74, 6) is 0.0337. The smallest absolute Gasteiger partial charge is 0.240 e. The second-order valence-corrected chi connectivity index (χ2v) is 6.96. The fourth-order valence-electron chi connectivity index (χ4n) is 2.23. The van der Waals surface area contributed by atoms with Gasteiger partial charge in [0.25, 0.3) is 0 Å². The minimum Gasteiger partial charge on any atom is -0.334 e. The SMILES string of the molecule is C=CCN(C(=O)C(N)CCC)C1CCS(=O)(=O)C1.Cl. The van der Waals surface area contributed by atoms with Gasteiger partial charge in [-0.05, 0) is 12.8 Å². The van der Waals surface area contributed by atoms with Crippen molar-refractivity contribution >= 4 is 28.2 Å². The summed E-state index contributed by atoms with van der Waals surface area (Å²) in [4.78, 5) is 13.7. The largest absolute Gasteiger partial charge is 0.334 e. The molecule has 1 saturated heterocycles. The Balaban J connectivity index is 0.00000324. The number of hydrogen-bond donors (Lipinski definition) is 1. The van der Waals surface area contributed by atoms with Crippen LogP contribution in [0.1, 0.15) is 26.2 Å². The first-order chi connectivity index (χ1) is 8.41. The second kappa shape index (κ2) is 7.87. The zero-order valence-corrected chi connectivity index (χ0v) is 12.9. The molecule has 1 aliphatic rings. The molecular formula is C12H23ClN2O3S. The van der Waals surface area contributed by atoms with Crippen LogP contribution in [0.2, 0.25) is 0 Å². The molecule has 2 N–H and O–H groups in total. The Kier molecular flexibility index (Phi) is 7.62. The summed E-state index contributed by atoms with van der Waals surface area (Å²) in [6, 6.07) is -0.790. The fraction of sp³-hybridized carbons (Fsp3) is 0.750. The van der Waals surface area contributed by atoms with Crippen molar-refractivity contribution in [3.05, 3.63) is 12.7 Å². The fourth-order valence-corrected chi connectivity index (χ4v) is 3.96. The summed E-state index contributed by atoms with van der Waals surface area (Å²) in [6.07, 6.45) is 3.56. The number of halogens is 1. The molecule has 1 aliphatic heterocycles. The number of carbonyl (C=O) groups excluding carboxylic acids is 1. The van der Waals surface area contributed by atoms with Gasteiger partial charge in [0.1, 0.15) is 0 Å². The van der Waals surface area contributed by atoms with E-state index in [9.17, 15) is 13.2 Å². The topological polar surface area (TPSA) is 80.5 Å². The Hall–Kier alpha value is -0.590. The molecule has 0 bridgehead atoms. The van der Waals surface area contributed by atoms with E-state index >= 15 is 0 Å². The second-order valence-electron chi connectivity index (χ2n) is 4.73. The number of carbonyl (C=O) groups is 1. The number of sulfone groups is 1. The predicted octanol–water partition coefficient (Wildman–Crippen LogP) is 0.737. The van der Waals surface area contributed by atoms with Gasteiger partial charge in [0, 0.05) is 12.6 Å². The minimum atomic E-state index is -3.00. The summed E-state index contributed by atoms with van der Waals surface area (Å²) in [6.45, 7) is 5.93. The summed E-state index contributed by atoms with van der Waals surface area (Å²) in [5.41, 5.74) is 5.82. The van der Waals surface area contributed by atoms with Crippen LogP contribution in [-0.2, 0) is 14.6 Å². The molecule has 2 unspecified atom stereocenters. The molecule has 1 fully saturated rings. The van der Waals surface area contributed by atoms with E-state index < -0.39 is 15.9 Å². The minimum absolute atomic E-state index is 0. The molecule has 19 heavy (non-hydrogen) atoms. The van der Waals surface area contributed by atoms with Crippen molar-refractivity contribution in [2.45, 2.75) is 38.3 Å². The van der Waals surface area contributed by atoms with Crippen molar-refractivity contribution in [2.24, 2.45) is 5.73 Å². The first-order valence-corrected chi connectivity index (χ1v) is 8.10. The number of nitrogens with zero attached hydrogens (tertiary/aromatic N) is 1. The summed E-state index contributed by atoms with van der Waals surface area (Å²) < 4.78 is 22.9. The lowest BCUT2D eigenvalue weighted by Crippen LogP contribution is -2.49. The molecule has 1 heterocycles. The number of hydrogen-bond acceptors (Lipinski definition) is 4. The van der Waals surface area contributed by atoms with E-state index in [1.807, 2.05) is 6.92 Å². The Bertz CT molecular complexity index is 411. The summed E-state index contributed by atoms with van der Waals surface area (Å²) in [5, 5.41) is 0. The predicted molar refractivity (Wildman–Crippen MR) is 79.1 cm³/mol. The highest BCUT2D eigenvalue weighted by Crippen LogP contribution is 2.19. The Morgan fingerprint density at radius 3 is 2.63 bits per heavy atom. The first kappa shape index (κ1) is 18.4. The molecule has 2 atom stereocenters. The number of nitrogens with two attached hydrogens (primary N) is 1.